The van der Waals surface area contributed by atoms with E-state index in [2.05, 4.69) is 18.8 Å². The van der Waals surface area contributed by atoms with Crippen molar-refractivity contribution in [1.82, 2.24) is 9.55 Å². The van der Waals surface area contributed by atoms with Crippen LogP contribution in [0.1, 0.15) is 37.6 Å². The number of fused-ring (bicyclic) bond motifs is 1. The lowest BCUT2D eigenvalue weighted by Gasteiger charge is -2.36. The molecule has 2 N–H and O–H groups in total. The largest absolute Gasteiger partial charge is 0.487 e. The predicted molar refractivity (Wildman–Crippen MR) is 80.2 cm³/mol. The molecule has 1 aliphatic heterocycles. The zero-order valence-corrected chi connectivity index (χ0v) is 12.7. The molecule has 0 saturated carbocycles. The minimum Gasteiger partial charge on any atom is -0.487 e. The molecule has 5 heteroatoms. The molecule has 0 radical (unpaired) electrons. The van der Waals surface area contributed by atoms with Gasteiger partial charge < -0.3 is 19.8 Å². The van der Waals surface area contributed by atoms with Gasteiger partial charge in [-0.1, -0.05) is 6.07 Å². The third-order valence-corrected chi connectivity index (χ3v) is 3.79. The summed E-state index contributed by atoms with van der Waals surface area (Å²) in [6.07, 6.45) is 4.37. The molecular weight excluding hydrogens is 266 g/mol. The van der Waals surface area contributed by atoms with Crippen LogP contribution in [0, 0.1) is 0 Å². The number of ether oxygens (including phenoxy) is 2. The maximum absolute atomic E-state index is 6.21. The summed E-state index contributed by atoms with van der Waals surface area (Å²) in [6.45, 7) is 4.59. The average molecular weight is 287 g/mol. The van der Waals surface area contributed by atoms with E-state index in [-0.39, 0.29) is 11.6 Å². The van der Waals surface area contributed by atoms with Crippen molar-refractivity contribution in [3.63, 3.8) is 0 Å². The second-order valence-electron chi connectivity index (χ2n) is 6.16. The Kier molecular flexibility index (Phi) is 3.37. The number of aryl methyl sites for hydroxylation is 1. The van der Waals surface area contributed by atoms with Crippen molar-refractivity contribution in [3.05, 3.63) is 42.0 Å². The Labute approximate surface area is 124 Å². The number of rotatable bonds is 3. The third-order valence-electron chi connectivity index (χ3n) is 3.79. The summed E-state index contributed by atoms with van der Waals surface area (Å²) in [5, 5.41) is 0. The topological polar surface area (TPSA) is 62.3 Å². The highest BCUT2D eigenvalue weighted by Crippen LogP contribution is 2.40. The van der Waals surface area contributed by atoms with Gasteiger partial charge in [0.15, 0.2) is 0 Å². The second kappa shape index (κ2) is 5.07. The minimum absolute atomic E-state index is 0.00914. The van der Waals surface area contributed by atoms with Crippen molar-refractivity contribution >= 4 is 0 Å². The summed E-state index contributed by atoms with van der Waals surface area (Å²) in [5.41, 5.74) is 8.03. The fourth-order valence-electron chi connectivity index (χ4n) is 2.66. The monoisotopic (exact) mass is 287 g/mol. The molecule has 1 aromatic heterocycles. The number of imidazole rings is 1. The Morgan fingerprint density at radius 2 is 2.29 bits per heavy atom. The molecule has 112 valence electrons. The fraction of sp³-hybridized carbons (Fsp3) is 0.438. The van der Waals surface area contributed by atoms with Gasteiger partial charge in [-0.3, -0.25) is 0 Å². The molecule has 2 heterocycles. The minimum atomic E-state index is -0.243. The molecule has 21 heavy (non-hydrogen) atoms. The SMILES string of the molecule is Cn1cncc1COc1ccc2c(c1)OC(C)(C)CC2N. The number of benzene rings is 1. The third kappa shape index (κ3) is 2.88. The lowest BCUT2D eigenvalue weighted by Crippen LogP contribution is -2.37. The van der Waals surface area contributed by atoms with Crippen LogP contribution in [-0.2, 0) is 13.7 Å². The highest BCUT2D eigenvalue weighted by atomic mass is 16.5. The number of aromatic nitrogens is 2. The number of hydrogen-bond acceptors (Lipinski definition) is 4. The molecule has 5 nitrogen and oxygen atoms in total. The molecule has 0 fully saturated rings. The maximum atomic E-state index is 6.21. The van der Waals surface area contributed by atoms with Gasteiger partial charge in [-0.25, -0.2) is 4.98 Å². The van der Waals surface area contributed by atoms with Crippen molar-refractivity contribution < 1.29 is 9.47 Å². The summed E-state index contributed by atoms with van der Waals surface area (Å²) in [7, 11) is 1.95. The Bertz CT molecular complexity index is 649. The van der Waals surface area contributed by atoms with Gasteiger partial charge in [0.2, 0.25) is 0 Å². The van der Waals surface area contributed by atoms with E-state index in [1.807, 2.05) is 29.8 Å². The molecule has 2 aromatic rings. The fourth-order valence-corrected chi connectivity index (χ4v) is 2.66. The first-order chi connectivity index (χ1) is 9.94. The van der Waals surface area contributed by atoms with Crippen molar-refractivity contribution in [2.75, 3.05) is 0 Å². The molecule has 1 atom stereocenters. The lowest BCUT2D eigenvalue weighted by atomic mass is 9.90. The van der Waals surface area contributed by atoms with Crippen LogP contribution in [0.4, 0.5) is 0 Å². The molecule has 0 spiro atoms. The van der Waals surface area contributed by atoms with Gasteiger partial charge in [0.25, 0.3) is 0 Å². The predicted octanol–water partition coefficient (Wildman–Crippen LogP) is 2.56. The molecule has 0 aliphatic carbocycles. The molecule has 0 bridgehead atoms. The van der Waals surface area contributed by atoms with E-state index in [0.717, 1.165) is 29.2 Å². The van der Waals surface area contributed by atoms with Crippen molar-refractivity contribution in [2.24, 2.45) is 12.8 Å². The van der Waals surface area contributed by atoms with Crippen LogP contribution < -0.4 is 15.2 Å². The standard InChI is InChI=1S/C16H21N3O2/c1-16(2)7-14(17)13-5-4-12(6-15(13)21-16)20-9-11-8-18-10-19(11)3/h4-6,8,10,14H,7,9,17H2,1-3H3. The summed E-state index contributed by atoms with van der Waals surface area (Å²) >= 11 is 0. The normalized spacial score (nSPS) is 19.7. The zero-order valence-electron chi connectivity index (χ0n) is 12.7. The van der Waals surface area contributed by atoms with E-state index in [9.17, 15) is 0 Å². The zero-order chi connectivity index (χ0) is 15.0. The Balaban J connectivity index is 1.78. The molecule has 1 aliphatic rings. The van der Waals surface area contributed by atoms with Crippen LogP contribution in [0.25, 0.3) is 0 Å². The van der Waals surface area contributed by atoms with Crippen LogP contribution in [-0.4, -0.2) is 15.2 Å². The lowest BCUT2D eigenvalue weighted by molar-refractivity contribution is 0.0724. The molecule has 1 unspecified atom stereocenters. The Morgan fingerprint density at radius 3 is 3.00 bits per heavy atom. The Hall–Kier alpha value is -2.01. The van der Waals surface area contributed by atoms with Crippen LogP contribution in [0.2, 0.25) is 0 Å². The second-order valence-corrected chi connectivity index (χ2v) is 6.16. The first-order valence-corrected chi connectivity index (χ1v) is 7.11. The molecular formula is C16H21N3O2. The van der Waals surface area contributed by atoms with Gasteiger partial charge in [0, 0.05) is 31.1 Å². The van der Waals surface area contributed by atoms with E-state index in [4.69, 9.17) is 15.2 Å². The Morgan fingerprint density at radius 1 is 1.48 bits per heavy atom. The number of hydrogen-bond donors (Lipinski definition) is 1. The van der Waals surface area contributed by atoms with Gasteiger partial charge in [-0.05, 0) is 19.9 Å². The number of nitrogens with two attached hydrogens (primary N) is 1. The highest BCUT2D eigenvalue weighted by molar-refractivity contribution is 5.44. The van der Waals surface area contributed by atoms with Crippen LogP contribution in [0.3, 0.4) is 0 Å². The summed E-state index contributed by atoms with van der Waals surface area (Å²) in [5.74, 6) is 1.60. The van der Waals surface area contributed by atoms with Crippen LogP contribution >= 0.6 is 0 Å². The van der Waals surface area contributed by atoms with E-state index in [0.29, 0.717) is 6.61 Å². The van der Waals surface area contributed by atoms with E-state index in [1.54, 1.807) is 12.5 Å². The van der Waals surface area contributed by atoms with Crippen molar-refractivity contribution in [1.29, 1.82) is 0 Å². The first-order valence-electron chi connectivity index (χ1n) is 7.11. The van der Waals surface area contributed by atoms with Gasteiger partial charge >= 0.3 is 0 Å². The first kappa shape index (κ1) is 13.9. The van der Waals surface area contributed by atoms with Crippen LogP contribution in [0.5, 0.6) is 11.5 Å². The maximum Gasteiger partial charge on any atom is 0.130 e. The van der Waals surface area contributed by atoms with Gasteiger partial charge in [0.05, 0.1) is 18.2 Å². The van der Waals surface area contributed by atoms with E-state index >= 15 is 0 Å². The van der Waals surface area contributed by atoms with Crippen molar-refractivity contribution in [2.45, 2.75) is 38.5 Å². The summed E-state index contributed by atoms with van der Waals surface area (Å²) in [4.78, 5) is 4.07. The molecule has 0 saturated heterocycles. The highest BCUT2D eigenvalue weighted by Gasteiger charge is 2.31. The van der Waals surface area contributed by atoms with E-state index < -0.39 is 0 Å². The summed E-state index contributed by atoms with van der Waals surface area (Å²) in [6, 6.07) is 5.87. The summed E-state index contributed by atoms with van der Waals surface area (Å²) < 4.78 is 13.8. The average Bonchev–Trinajstić information content (AvgIpc) is 2.80. The quantitative estimate of drug-likeness (QED) is 0.942. The van der Waals surface area contributed by atoms with Gasteiger partial charge in [-0.15, -0.1) is 0 Å². The molecule has 3 rings (SSSR count). The smallest absolute Gasteiger partial charge is 0.130 e. The van der Waals surface area contributed by atoms with E-state index in [1.165, 1.54) is 0 Å². The van der Waals surface area contributed by atoms with Crippen LogP contribution in [0.15, 0.2) is 30.7 Å². The van der Waals surface area contributed by atoms with Gasteiger partial charge in [0.1, 0.15) is 23.7 Å². The number of nitrogens with zero attached hydrogens (tertiary/aromatic N) is 2. The van der Waals surface area contributed by atoms with Gasteiger partial charge in [-0.2, -0.15) is 0 Å². The molecule has 1 aromatic carbocycles. The van der Waals surface area contributed by atoms with Crippen molar-refractivity contribution in [3.8, 4) is 11.5 Å². The molecule has 0 amide bonds.